The molecule has 0 saturated carbocycles. The number of anilines is 1. The van der Waals surface area contributed by atoms with Crippen molar-refractivity contribution in [2.45, 2.75) is 45.4 Å². The largest absolute Gasteiger partial charge is 0.506 e. The molecule has 0 saturated heterocycles. The molecule has 0 aromatic heterocycles. The van der Waals surface area contributed by atoms with Crippen LogP contribution >= 0.6 is 11.6 Å². The Hall–Kier alpha value is -1.22. The molecular weight excluding hydrogens is 250 g/mol. The number of phenols is 1. The Morgan fingerprint density at radius 3 is 2.72 bits per heavy atom. The van der Waals surface area contributed by atoms with Crippen LogP contribution in [-0.2, 0) is 4.79 Å². The third-order valence-electron chi connectivity index (χ3n) is 2.74. The fourth-order valence-corrected chi connectivity index (χ4v) is 1.88. The molecule has 1 aromatic carbocycles. The number of amides is 1. The molecule has 0 aliphatic carbocycles. The average molecular weight is 270 g/mol. The van der Waals surface area contributed by atoms with Crippen LogP contribution in [0, 0.1) is 0 Å². The number of unbranched alkanes of at least 4 members (excludes halogenated alkanes) is 4. The van der Waals surface area contributed by atoms with Gasteiger partial charge >= 0.3 is 0 Å². The van der Waals surface area contributed by atoms with Gasteiger partial charge in [0.2, 0.25) is 5.91 Å². The molecule has 0 aliphatic rings. The van der Waals surface area contributed by atoms with Gasteiger partial charge in [0.15, 0.2) is 0 Å². The van der Waals surface area contributed by atoms with Gasteiger partial charge in [-0.2, -0.15) is 0 Å². The SMILES string of the molecule is CCCCCCCC(=O)Nc1cc(Cl)ccc1O. The van der Waals surface area contributed by atoms with Crippen molar-refractivity contribution in [1.82, 2.24) is 0 Å². The fourth-order valence-electron chi connectivity index (χ4n) is 1.71. The quantitative estimate of drug-likeness (QED) is 0.571. The van der Waals surface area contributed by atoms with Crippen LogP contribution < -0.4 is 5.32 Å². The summed E-state index contributed by atoms with van der Waals surface area (Å²) in [6.45, 7) is 2.16. The van der Waals surface area contributed by atoms with Crippen LogP contribution in [0.2, 0.25) is 5.02 Å². The molecule has 1 rings (SSSR count). The summed E-state index contributed by atoms with van der Waals surface area (Å²) in [4.78, 5) is 11.6. The van der Waals surface area contributed by atoms with Crippen LogP contribution in [0.5, 0.6) is 5.75 Å². The molecule has 0 atom stereocenters. The number of hydrogen-bond acceptors (Lipinski definition) is 2. The van der Waals surface area contributed by atoms with Crippen molar-refractivity contribution in [3.63, 3.8) is 0 Å². The maximum Gasteiger partial charge on any atom is 0.224 e. The number of hydrogen-bond donors (Lipinski definition) is 2. The predicted octanol–water partition coefficient (Wildman–Crippen LogP) is 4.34. The van der Waals surface area contributed by atoms with E-state index in [1.54, 1.807) is 12.1 Å². The minimum absolute atomic E-state index is 0.0405. The van der Waals surface area contributed by atoms with E-state index in [2.05, 4.69) is 12.2 Å². The average Bonchev–Trinajstić information content (AvgIpc) is 2.33. The van der Waals surface area contributed by atoms with Gasteiger partial charge in [-0.25, -0.2) is 0 Å². The lowest BCUT2D eigenvalue weighted by Gasteiger charge is -2.07. The summed E-state index contributed by atoms with van der Waals surface area (Å²) in [6.07, 6.45) is 6.02. The summed E-state index contributed by atoms with van der Waals surface area (Å²) in [5, 5.41) is 12.7. The summed E-state index contributed by atoms with van der Waals surface area (Å²) in [5.41, 5.74) is 0.376. The van der Waals surface area contributed by atoms with Gasteiger partial charge in [0.1, 0.15) is 5.75 Å². The predicted molar refractivity (Wildman–Crippen MR) is 75.1 cm³/mol. The highest BCUT2D eigenvalue weighted by molar-refractivity contribution is 6.31. The molecule has 2 N–H and O–H groups in total. The molecule has 4 heteroatoms. The van der Waals surface area contributed by atoms with E-state index in [1.165, 1.54) is 25.3 Å². The number of carbonyl (C=O) groups excluding carboxylic acids is 1. The zero-order valence-electron chi connectivity index (χ0n) is 10.7. The topological polar surface area (TPSA) is 49.3 Å². The van der Waals surface area contributed by atoms with E-state index < -0.39 is 0 Å². The molecule has 1 amide bonds. The van der Waals surface area contributed by atoms with E-state index in [0.717, 1.165) is 12.8 Å². The molecule has 3 nitrogen and oxygen atoms in total. The molecule has 18 heavy (non-hydrogen) atoms. The smallest absolute Gasteiger partial charge is 0.224 e. The number of nitrogens with one attached hydrogen (secondary N) is 1. The molecular formula is C14H20ClNO2. The summed E-state index contributed by atoms with van der Waals surface area (Å²) in [7, 11) is 0. The number of phenolic OH excluding ortho intramolecular Hbond substituents is 1. The lowest BCUT2D eigenvalue weighted by atomic mass is 10.1. The van der Waals surface area contributed by atoms with Crippen LogP contribution in [0.1, 0.15) is 45.4 Å². The van der Waals surface area contributed by atoms with Gasteiger partial charge in [-0.3, -0.25) is 4.79 Å². The van der Waals surface area contributed by atoms with E-state index in [4.69, 9.17) is 11.6 Å². The molecule has 0 unspecified atom stereocenters. The highest BCUT2D eigenvalue weighted by Gasteiger charge is 2.06. The first-order valence-electron chi connectivity index (χ1n) is 6.42. The van der Waals surface area contributed by atoms with Crippen molar-refractivity contribution in [1.29, 1.82) is 0 Å². The van der Waals surface area contributed by atoms with E-state index in [-0.39, 0.29) is 11.7 Å². The first kappa shape index (κ1) is 14.8. The number of rotatable bonds is 7. The number of halogens is 1. The first-order chi connectivity index (χ1) is 8.63. The van der Waals surface area contributed by atoms with Gasteiger partial charge < -0.3 is 10.4 Å². The Morgan fingerprint density at radius 2 is 2.00 bits per heavy atom. The molecule has 0 radical (unpaired) electrons. The molecule has 0 bridgehead atoms. The lowest BCUT2D eigenvalue weighted by molar-refractivity contribution is -0.116. The third kappa shape index (κ3) is 5.41. The lowest BCUT2D eigenvalue weighted by Crippen LogP contribution is -2.11. The molecule has 0 fully saturated rings. The van der Waals surface area contributed by atoms with E-state index in [9.17, 15) is 9.90 Å². The number of carbonyl (C=O) groups is 1. The van der Waals surface area contributed by atoms with Crippen molar-refractivity contribution in [2.24, 2.45) is 0 Å². The Morgan fingerprint density at radius 1 is 1.28 bits per heavy atom. The second kappa shape index (κ2) is 7.98. The molecule has 0 heterocycles. The Balaban J connectivity index is 2.33. The minimum Gasteiger partial charge on any atom is -0.506 e. The maximum absolute atomic E-state index is 11.6. The Kier molecular flexibility index (Phi) is 6.58. The van der Waals surface area contributed by atoms with Gasteiger partial charge in [-0.05, 0) is 24.6 Å². The van der Waals surface area contributed by atoms with Gasteiger partial charge in [0.05, 0.1) is 5.69 Å². The van der Waals surface area contributed by atoms with Crippen molar-refractivity contribution < 1.29 is 9.90 Å². The van der Waals surface area contributed by atoms with E-state index in [0.29, 0.717) is 17.1 Å². The highest BCUT2D eigenvalue weighted by Crippen LogP contribution is 2.26. The van der Waals surface area contributed by atoms with Crippen LogP contribution in [0.25, 0.3) is 0 Å². The van der Waals surface area contributed by atoms with Crippen LogP contribution in [0.4, 0.5) is 5.69 Å². The van der Waals surface area contributed by atoms with Gasteiger partial charge in [-0.15, -0.1) is 0 Å². The molecule has 100 valence electrons. The second-order valence-electron chi connectivity index (χ2n) is 4.37. The van der Waals surface area contributed by atoms with Crippen molar-refractivity contribution in [3.05, 3.63) is 23.2 Å². The monoisotopic (exact) mass is 269 g/mol. The van der Waals surface area contributed by atoms with E-state index >= 15 is 0 Å². The number of benzene rings is 1. The summed E-state index contributed by atoms with van der Waals surface area (Å²) < 4.78 is 0. The minimum atomic E-state index is -0.0796. The van der Waals surface area contributed by atoms with Crippen LogP contribution in [0.3, 0.4) is 0 Å². The van der Waals surface area contributed by atoms with Gasteiger partial charge in [0.25, 0.3) is 0 Å². The maximum atomic E-state index is 11.6. The zero-order valence-corrected chi connectivity index (χ0v) is 11.5. The van der Waals surface area contributed by atoms with Crippen LogP contribution in [-0.4, -0.2) is 11.0 Å². The van der Waals surface area contributed by atoms with Crippen molar-refractivity contribution in [2.75, 3.05) is 5.32 Å². The third-order valence-corrected chi connectivity index (χ3v) is 2.98. The normalized spacial score (nSPS) is 10.3. The number of aromatic hydroxyl groups is 1. The summed E-state index contributed by atoms with van der Waals surface area (Å²) in [5.74, 6) is -0.0391. The van der Waals surface area contributed by atoms with Crippen molar-refractivity contribution in [3.8, 4) is 5.75 Å². The standard InChI is InChI=1S/C14H20ClNO2/c1-2-3-4-5-6-7-14(18)16-12-10-11(15)8-9-13(12)17/h8-10,17H,2-7H2,1H3,(H,16,18). The Bertz CT molecular complexity index is 393. The molecule has 1 aromatic rings. The summed E-state index contributed by atoms with van der Waals surface area (Å²) in [6, 6.07) is 4.60. The van der Waals surface area contributed by atoms with Crippen molar-refractivity contribution >= 4 is 23.2 Å². The van der Waals surface area contributed by atoms with E-state index in [1.807, 2.05) is 0 Å². The first-order valence-corrected chi connectivity index (χ1v) is 6.79. The molecule has 0 spiro atoms. The molecule has 0 aliphatic heterocycles. The van der Waals surface area contributed by atoms with Crippen LogP contribution in [0.15, 0.2) is 18.2 Å². The fraction of sp³-hybridized carbons (Fsp3) is 0.500. The van der Waals surface area contributed by atoms with Gasteiger partial charge in [-0.1, -0.05) is 44.2 Å². The Labute approximate surface area is 113 Å². The highest BCUT2D eigenvalue weighted by atomic mass is 35.5. The second-order valence-corrected chi connectivity index (χ2v) is 4.81. The van der Waals surface area contributed by atoms with Gasteiger partial charge in [0, 0.05) is 11.4 Å². The zero-order chi connectivity index (χ0) is 13.4. The summed E-state index contributed by atoms with van der Waals surface area (Å²) >= 11 is 5.80.